The van der Waals surface area contributed by atoms with Gasteiger partial charge in [-0.25, -0.2) is 0 Å². The lowest BCUT2D eigenvalue weighted by atomic mass is 10.1. The molecule has 0 spiro atoms. The molecule has 128 valence electrons. The molecule has 1 aromatic carbocycles. The maximum Gasteiger partial charge on any atom is 0.255 e. The number of aromatic nitrogens is 2. The minimum atomic E-state index is -0.109. The molecule has 0 fully saturated rings. The van der Waals surface area contributed by atoms with E-state index in [1.807, 2.05) is 33.0 Å². The van der Waals surface area contributed by atoms with E-state index in [9.17, 15) is 4.79 Å². The highest BCUT2D eigenvalue weighted by atomic mass is 35.5. The van der Waals surface area contributed by atoms with Gasteiger partial charge in [0.2, 0.25) is 0 Å². The summed E-state index contributed by atoms with van der Waals surface area (Å²) < 4.78 is 12.8. The highest BCUT2D eigenvalue weighted by Gasteiger charge is 2.18. The average molecular weight is 350 g/mol. The SMILES string of the molecule is Cc1nn(C)c(C)c1C(=O)NCCc1cc(Cl)c2c(c1)OCCO2. The van der Waals surface area contributed by atoms with Gasteiger partial charge in [-0.2, -0.15) is 5.10 Å². The first-order valence-corrected chi connectivity index (χ1v) is 8.21. The molecule has 0 saturated heterocycles. The van der Waals surface area contributed by atoms with Crippen LogP contribution in [0, 0.1) is 13.8 Å². The summed E-state index contributed by atoms with van der Waals surface area (Å²) in [7, 11) is 1.83. The Bertz CT molecular complexity index is 786. The second kappa shape index (κ2) is 6.73. The largest absolute Gasteiger partial charge is 0.486 e. The van der Waals surface area contributed by atoms with Gasteiger partial charge in [-0.1, -0.05) is 11.6 Å². The van der Waals surface area contributed by atoms with Gasteiger partial charge in [-0.15, -0.1) is 0 Å². The van der Waals surface area contributed by atoms with Crippen molar-refractivity contribution in [3.8, 4) is 11.5 Å². The molecular formula is C17H20ClN3O3. The van der Waals surface area contributed by atoms with E-state index in [-0.39, 0.29) is 5.91 Å². The normalized spacial score (nSPS) is 13.0. The van der Waals surface area contributed by atoms with E-state index in [2.05, 4.69) is 10.4 Å². The summed E-state index contributed by atoms with van der Waals surface area (Å²) in [6.07, 6.45) is 0.653. The van der Waals surface area contributed by atoms with Crippen LogP contribution in [0.3, 0.4) is 0 Å². The van der Waals surface area contributed by atoms with Crippen molar-refractivity contribution < 1.29 is 14.3 Å². The summed E-state index contributed by atoms with van der Waals surface area (Å²) in [6, 6.07) is 3.76. The lowest BCUT2D eigenvalue weighted by Gasteiger charge is -2.20. The minimum absolute atomic E-state index is 0.109. The molecule has 0 saturated carbocycles. The topological polar surface area (TPSA) is 65.4 Å². The third kappa shape index (κ3) is 3.19. The summed E-state index contributed by atoms with van der Waals surface area (Å²) in [5.74, 6) is 1.15. The van der Waals surface area contributed by atoms with Crippen molar-refractivity contribution in [1.82, 2.24) is 15.1 Å². The Morgan fingerprint density at radius 2 is 2.08 bits per heavy atom. The van der Waals surface area contributed by atoms with Crippen LogP contribution in [0.4, 0.5) is 0 Å². The summed E-state index contributed by atoms with van der Waals surface area (Å²) in [5, 5.41) is 7.73. The molecule has 1 N–H and O–H groups in total. The van der Waals surface area contributed by atoms with E-state index in [4.69, 9.17) is 21.1 Å². The predicted molar refractivity (Wildman–Crippen MR) is 91.2 cm³/mol. The van der Waals surface area contributed by atoms with E-state index < -0.39 is 0 Å². The molecular weight excluding hydrogens is 330 g/mol. The Hall–Kier alpha value is -2.21. The van der Waals surface area contributed by atoms with Crippen molar-refractivity contribution in [1.29, 1.82) is 0 Å². The number of hydrogen-bond donors (Lipinski definition) is 1. The quantitative estimate of drug-likeness (QED) is 0.920. The van der Waals surface area contributed by atoms with Crippen LogP contribution >= 0.6 is 11.6 Å². The number of nitrogens with zero attached hydrogens (tertiary/aromatic N) is 2. The highest BCUT2D eigenvalue weighted by Crippen LogP contribution is 2.38. The molecule has 0 bridgehead atoms. The van der Waals surface area contributed by atoms with Crippen LogP contribution in [0.1, 0.15) is 27.3 Å². The van der Waals surface area contributed by atoms with Crippen LogP contribution in [0.2, 0.25) is 5.02 Å². The number of benzene rings is 1. The van der Waals surface area contributed by atoms with Gasteiger partial charge in [0.15, 0.2) is 11.5 Å². The second-order valence-corrected chi connectivity index (χ2v) is 6.18. The summed E-state index contributed by atoms with van der Waals surface area (Å²) in [4.78, 5) is 12.4. The smallest absolute Gasteiger partial charge is 0.255 e. The van der Waals surface area contributed by atoms with Crippen molar-refractivity contribution in [2.75, 3.05) is 19.8 Å². The number of carbonyl (C=O) groups is 1. The van der Waals surface area contributed by atoms with Crippen molar-refractivity contribution in [2.24, 2.45) is 7.05 Å². The molecule has 0 unspecified atom stereocenters. The lowest BCUT2D eigenvalue weighted by Crippen LogP contribution is -2.26. The molecule has 0 atom stereocenters. The number of nitrogens with one attached hydrogen (secondary N) is 1. The van der Waals surface area contributed by atoms with E-state index in [0.29, 0.717) is 48.3 Å². The van der Waals surface area contributed by atoms with E-state index in [0.717, 1.165) is 17.0 Å². The van der Waals surface area contributed by atoms with Crippen LogP contribution in [-0.4, -0.2) is 35.4 Å². The number of amides is 1. The number of ether oxygens (including phenoxy) is 2. The third-order valence-electron chi connectivity index (χ3n) is 4.09. The van der Waals surface area contributed by atoms with Crippen molar-refractivity contribution >= 4 is 17.5 Å². The van der Waals surface area contributed by atoms with E-state index >= 15 is 0 Å². The molecule has 2 aromatic rings. The average Bonchev–Trinajstić information content (AvgIpc) is 2.80. The molecule has 2 heterocycles. The second-order valence-electron chi connectivity index (χ2n) is 5.78. The van der Waals surface area contributed by atoms with Gasteiger partial charge in [0, 0.05) is 19.3 Å². The number of halogens is 1. The first-order valence-electron chi connectivity index (χ1n) is 7.83. The molecule has 1 aliphatic rings. The fraction of sp³-hybridized carbons (Fsp3) is 0.412. The maximum absolute atomic E-state index is 12.4. The number of aryl methyl sites for hydroxylation is 2. The van der Waals surface area contributed by atoms with Crippen LogP contribution in [0.25, 0.3) is 0 Å². The van der Waals surface area contributed by atoms with Gasteiger partial charge in [0.25, 0.3) is 5.91 Å². The van der Waals surface area contributed by atoms with Crippen LogP contribution in [-0.2, 0) is 13.5 Å². The molecule has 1 aromatic heterocycles. The Morgan fingerprint density at radius 3 is 2.79 bits per heavy atom. The molecule has 6 nitrogen and oxygen atoms in total. The monoisotopic (exact) mass is 349 g/mol. The number of hydrogen-bond acceptors (Lipinski definition) is 4. The van der Waals surface area contributed by atoms with Gasteiger partial charge in [0.1, 0.15) is 13.2 Å². The number of carbonyl (C=O) groups excluding carboxylic acids is 1. The highest BCUT2D eigenvalue weighted by molar-refractivity contribution is 6.32. The Kier molecular flexibility index (Phi) is 4.66. The van der Waals surface area contributed by atoms with Crippen LogP contribution < -0.4 is 14.8 Å². The van der Waals surface area contributed by atoms with Crippen molar-refractivity contribution in [3.05, 3.63) is 39.7 Å². The maximum atomic E-state index is 12.4. The lowest BCUT2D eigenvalue weighted by molar-refractivity contribution is 0.0953. The summed E-state index contributed by atoms with van der Waals surface area (Å²) in [6.45, 7) is 5.25. The van der Waals surface area contributed by atoms with Gasteiger partial charge in [-0.05, 0) is 38.0 Å². The van der Waals surface area contributed by atoms with E-state index in [1.165, 1.54) is 0 Å². The third-order valence-corrected chi connectivity index (χ3v) is 4.37. The van der Waals surface area contributed by atoms with E-state index in [1.54, 1.807) is 4.68 Å². The van der Waals surface area contributed by atoms with Gasteiger partial charge in [0.05, 0.1) is 16.3 Å². The summed E-state index contributed by atoms with van der Waals surface area (Å²) in [5.41, 5.74) is 3.21. The molecule has 7 heteroatoms. The molecule has 0 radical (unpaired) electrons. The first kappa shape index (κ1) is 16.6. The zero-order valence-electron chi connectivity index (χ0n) is 14.0. The molecule has 3 rings (SSSR count). The van der Waals surface area contributed by atoms with Crippen LogP contribution in [0.5, 0.6) is 11.5 Å². The minimum Gasteiger partial charge on any atom is -0.486 e. The standard InChI is InChI=1S/C17H20ClN3O3/c1-10-15(11(2)21(3)20-10)17(22)19-5-4-12-8-13(18)16-14(9-12)23-6-7-24-16/h8-9H,4-7H2,1-3H3,(H,19,22). The molecule has 0 aliphatic carbocycles. The molecule has 1 amide bonds. The molecule has 1 aliphatic heterocycles. The number of fused-ring (bicyclic) bond motifs is 1. The Labute approximate surface area is 145 Å². The predicted octanol–water partition coefficient (Wildman–Crippen LogP) is 2.43. The molecule has 24 heavy (non-hydrogen) atoms. The van der Waals surface area contributed by atoms with Crippen molar-refractivity contribution in [3.63, 3.8) is 0 Å². The zero-order chi connectivity index (χ0) is 17.3. The van der Waals surface area contributed by atoms with Crippen LogP contribution in [0.15, 0.2) is 12.1 Å². The Balaban J connectivity index is 1.64. The van der Waals surface area contributed by atoms with Gasteiger partial charge >= 0.3 is 0 Å². The Morgan fingerprint density at radius 1 is 1.33 bits per heavy atom. The zero-order valence-corrected chi connectivity index (χ0v) is 14.7. The summed E-state index contributed by atoms with van der Waals surface area (Å²) >= 11 is 6.23. The van der Waals surface area contributed by atoms with Gasteiger partial charge < -0.3 is 14.8 Å². The first-order chi connectivity index (χ1) is 11.5. The fourth-order valence-electron chi connectivity index (χ4n) is 2.82. The fourth-order valence-corrected chi connectivity index (χ4v) is 3.11. The van der Waals surface area contributed by atoms with Gasteiger partial charge in [-0.3, -0.25) is 9.48 Å². The van der Waals surface area contributed by atoms with Crippen molar-refractivity contribution in [2.45, 2.75) is 20.3 Å². The number of rotatable bonds is 4.